The second kappa shape index (κ2) is 25.3. The monoisotopic (exact) mass is 1370 g/mol. The third-order valence-electron chi connectivity index (χ3n) is 23.7. The first kappa shape index (κ1) is 65.8. The van der Waals surface area contributed by atoms with Crippen molar-refractivity contribution in [3.05, 3.63) is 323 Å². The maximum absolute atomic E-state index is 2.38. The van der Waals surface area contributed by atoms with E-state index in [1.165, 1.54) is 244 Å². The summed E-state index contributed by atoms with van der Waals surface area (Å²) in [7, 11) is 8.69. The van der Waals surface area contributed by atoms with Gasteiger partial charge in [-0.25, -0.2) is 13.7 Å². The molecule has 0 N–H and O–H groups in total. The maximum Gasteiger partial charge on any atom is 0.221 e. The number of hydrogen-bond donors (Lipinski definition) is 0. The lowest BCUT2D eigenvalue weighted by molar-refractivity contribution is -0.660. The van der Waals surface area contributed by atoms with Crippen LogP contribution in [0.2, 0.25) is 0 Å². The average Bonchev–Trinajstić information content (AvgIpc) is 1.60. The molecule has 0 fully saturated rings. The van der Waals surface area contributed by atoms with Gasteiger partial charge in [0.15, 0.2) is 18.6 Å². The van der Waals surface area contributed by atoms with Crippen LogP contribution in [0.1, 0.15) is 55.6 Å². The molecule has 0 spiro atoms. The summed E-state index contributed by atoms with van der Waals surface area (Å²) in [6, 6.07) is 91.7. The number of nitrogens with zero attached hydrogens (tertiary/aromatic N) is 4. The lowest BCUT2D eigenvalue weighted by Crippen LogP contribution is -2.34. The minimum Gasteiger partial charge on any atom is -0.200 e. The SMILES string of the molecule is Cc1cc(C)c(C)c(-c2c3c(cc[n+]2C)-c2cccc4cccc-3c24)c1.Cc1cc(C)c(C)c(-c2cc3c(c[n+]2C)-c2cccc4cccc-3c24)c1.Cc1cc(C)c(C)c(-c2ccc3c([n+]2C)-c2cccc4cccc-3c24)c1.Cc1cc2ccccc2cc1-c1c2c(cc[n+]1C)-c1cccc3cccc-2c13. The number of aryl methyl sites for hydroxylation is 10. The topological polar surface area (TPSA) is 15.5 Å². The maximum atomic E-state index is 2.38. The molecule has 4 aliphatic rings. The summed E-state index contributed by atoms with van der Waals surface area (Å²) in [5.74, 6) is 0. The van der Waals surface area contributed by atoms with Gasteiger partial charge in [-0.15, -0.1) is 0 Å². The van der Waals surface area contributed by atoms with Crippen molar-refractivity contribution in [3.8, 4) is 134 Å². The van der Waals surface area contributed by atoms with Crippen LogP contribution in [-0.2, 0) is 28.2 Å². The number of benzene rings is 13. The van der Waals surface area contributed by atoms with E-state index in [0.29, 0.717) is 0 Å². The Kier molecular flexibility index (Phi) is 15.7. The smallest absolute Gasteiger partial charge is 0.200 e. The normalized spacial score (nSPS) is 11.9. The van der Waals surface area contributed by atoms with Crippen molar-refractivity contribution in [1.82, 2.24) is 0 Å². The van der Waals surface area contributed by atoms with E-state index in [-0.39, 0.29) is 0 Å². The van der Waals surface area contributed by atoms with Gasteiger partial charge in [0.25, 0.3) is 0 Å². The Morgan fingerprint density at radius 2 is 0.575 bits per heavy atom. The van der Waals surface area contributed by atoms with E-state index in [9.17, 15) is 0 Å². The van der Waals surface area contributed by atoms with Gasteiger partial charge in [0.05, 0.1) is 38.9 Å². The Bertz CT molecular complexity index is 6580. The first-order chi connectivity index (χ1) is 51.4. The van der Waals surface area contributed by atoms with E-state index < -0.39 is 0 Å². The lowest BCUT2D eigenvalue weighted by atomic mass is 9.92. The highest BCUT2D eigenvalue weighted by Crippen LogP contribution is 2.54. The molecular weight excluding hydrogens is 1280 g/mol. The molecule has 0 saturated carbocycles. The molecule has 4 heteroatoms. The van der Waals surface area contributed by atoms with Crippen molar-refractivity contribution in [2.45, 2.75) is 69.2 Å². The van der Waals surface area contributed by atoms with Gasteiger partial charge in [-0.3, -0.25) is 0 Å². The largest absolute Gasteiger partial charge is 0.221 e. The van der Waals surface area contributed by atoms with Gasteiger partial charge < -0.3 is 0 Å². The van der Waals surface area contributed by atoms with Crippen LogP contribution in [0.4, 0.5) is 0 Å². The summed E-state index contributed by atoms with van der Waals surface area (Å²) in [6.45, 7) is 22.1. The van der Waals surface area contributed by atoms with Gasteiger partial charge in [-0.2, -0.15) is 4.57 Å². The van der Waals surface area contributed by atoms with Gasteiger partial charge in [-0.05, 0) is 232 Å². The van der Waals surface area contributed by atoms with Crippen LogP contribution in [-0.4, -0.2) is 0 Å². The van der Waals surface area contributed by atoms with E-state index in [1.54, 1.807) is 0 Å². The Morgan fingerprint density at radius 1 is 0.208 bits per heavy atom. The van der Waals surface area contributed by atoms with Gasteiger partial charge in [0, 0.05) is 57.5 Å². The molecule has 4 nitrogen and oxygen atoms in total. The standard InChI is InChI=1S/C27H20N.3C25H22N/c1-17-15-19-7-3-4-8-20(19)16-24(17)27-26-22(13-14-28(27)2)21-11-5-9-18-10-6-12-23(26)25(18)21;1-15-11-16(2)17(3)21(12-15)24-13-22-19-9-5-7-18-8-6-10-20(25(18)19)23(22)14-26(24)4;1-15-13-16(2)17(3)22(14-15)25-24-20(11-12-26(25)4)19-9-5-7-18-8-6-10-21(24)23(18)19;1-15-13-16(2)17(3)22(14-15)23-12-11-20-19-9-5-7-18-8-6-10-21(24(18)19)25(20)26(23)4/h3-16H,1-2H3;3*5-14H,1-4H3/q4*+1. The Balaban J connectivity index is 0.000000100. The number of aromatic nitrogens is 4. The third kappa shape index (κ3) is 10.4. The summed E-state index contributed by atoms with van der Waals surface area (Å²) in [6.07, 6.45) is 6.71. The molecule has 0 saturated heterocycles. The van der Waals surface area contributed by atoms with Crippen molar-refractivity contribution in [1.29, 1.82) is 0 Å². The molecule has 13 aromatic carbocycles. The summed E-state index contributed by atoms with van der Waals surface area (Å²) >= 11 is 0. The molecule has 4 heterocycles. The molecule has 4 aromatic heterocycles. The molecule has 0 bridgehead atoms. The van der Waals surface area contributed by atoms with Crippen molar-refractivity contribution in [3.63, 3.8) is 0 Å². The van der Waals surface area contributed by atoms with Crippen LogP contribution in [0.15, 0.2) is 267 Å². The number of hydrogen-bond acceptors (Lipinski definition) is 0. The lowest BCUT2D eigenvalue weighted by Gasteiger charge is -2.13. The van der Waals surface area contributed by atoms with Crippen molar-refractivity contribution in [2.24, 2.45) is 28.2 Å². The van der Waals surface area contributed by atoms with E-state index in [1.807, 2.05) is 0 Å². The minimum atomic E-state index is 1.28. The molecule has 0 aliphatic heterocycles. The number of rotatable bonds is 4. The second-order valence-electron chi connectivity index (χ2n) is 30.4. The quantitative estimate of drug-likeness (QED) is 0.156. The Labute approximate surface area is 622 Å². The second-order valence-corrected chi connectivity index (χ2v) is 30.4. The van der Waals surface area contributed by atoms with Gasteiger partial charge in [0.2, 0.25) is 28.5 Å². The minimum absolute atomic E-state index is 1.28. The van der Waals surface area contributed by atoms with E-state index in [0.717, 1.165) is 0 Å². The third-order valence-corrected chi connectivity index (χ3v) is 23.7. The zero-order valence-corrected chi connectivity index (χ0v) is 63.2. The van der Waals surface area contributed by atoms with E-state index in [4.69, 9.17) is 0 Å². The van der Waals surface area contributed by atoms with Gasteiger partial charge >= 0.3 is 0 Å². The van der Waals surface area contributed by atoms with Gasteiger partial charge in [-0.1, -0.05) is 205 Å². The summed E-state index contributed by atoms with van der Waals surface area (Å²) < 4.78 is 9.22. The van der Waals surface area contributed by atoms with Crippen LogP contribution in [0.3, 0.4) is 0 Å². The van der Waals surface area contributed by atoms with E-state index in [2.05, 4.69) is 383 Å². The fourth-order valence-corrected chi connectivity index (χ4v) is 18.4. The molecule has 0 atom stereocenters. The first-order valence-electron chi connectivity index (χ1n) is 37.4. The predicted molar refractivity (Wildman–Crippen MR) is 445 cm³/mol. The fourth-order valence-electron chi connectivity index (χ4n) is 18.4. The van der Waals surface area contributed by atoms with Crippen molar-refractivity contribution < 1.29 is 18.3 Å². The van der Waals surface area contributed by atoms with Crippen LogP contribution < -0.4 is 18.3 Å². The van der Waals surface area contributed by atoms with E-state index >= 15 is 0 Å². The zero-order valence-electron chi connectivity index (χ0n) is 63.2. The summed E-state index contributed by atoms with van der Waals surface area (Å²) in [5, 5.41) is 13.4. The first-order valence-corrected chi connectivity index (χ1v) is 37.4. The van der Waals surface area contributed by atoms with Crippen molar-refractivity contribution >= 4 is 53.9 Å². The number of pyridine rings is 4. The molecule has 106 heavy (non-hydrogen) atoms. The molecule has 4 aliphatic carbocycles. The number of fused-ring (bicyclic) bond motifs is 13. The molecule has 17 aromatic rings. The van der Waals surface area contributed by atoms with Crippen LogP contribution in [0.5, 0.6) is 0 Å². The highest BCUT2D eigenvalue weighted by atomic mass is 15.0. The Hall–Kier alpha value is -12.2. The zero-order chi connectivity index (χ0) is 72.8. The average molecular weight is 1370 g/mol. The molecule has 510 valence electrons. The van der Waals surface area contributed by atoms with Crippen LogP contribution in [0.25, 0.3) is 188 Å². The summed E-state index contributed by atoms with van der Waals surface area (Å²) in [5.41, 5.74) is 45.5. The van der Waals surface area contributed by atoms with Crippen LogP contribution >= 0.6 is 0 Å². The van der Waals surface area contributed by atoms with Crippen molar-refractivity contribution in [2.75, 3.05) is 0 Å². The fraction of sp³-hybridized carbons (Fsp3) is 0.137. The van der Waals surface area contributed by atoms with Crippen LogP contribution in [0, 0.1) is 69.2 Å². The molecule has 21 rings (SSSR count). The highest BCUT2D eigenvalue weighted by molar-refractivity contribution is 6.20. The Morgan fingerprint density at radius 3 is 1.07 bits per heavy atom. The molecule has 0 amide bonds. The molecular formula is C102H86N4+4. The highest BCUT2D eigenvalue weighted by Gasteiger charge is 2.35. The van der Waals surface area contributed by atoms with Gasteiger partial charge in [0.1, 0.15) is 28.2 Å². The molecule has 0 radical (unpaired) electrons. The summed E-state index contributed by atoms with van der Waals surface area (Å²) in [4.78, 5) is 0. The molecule has 0 unspecified atom stereocenters. The predicted octanol–water partition coefficient (Wildman–Crippen LogP) is 24.2.